The van der Waals surface area contributed by atoms with Gasteiger partial charge in [-0.3, -0.25) is 0 Å². The lowest BCUT2D eigenvalue weighted by molar-refractivity contribution is 0.303. The van der Waals surface area contributed by atoms with Gasteiger partial charge < -0.3 is 9.94 Å². The molecular weight excluding hydrogens is 262 g/mol. The van der Waals surface area contributed by atoms with Crippen LogP contribution < -0.4 is 4.74 Å². The molecule has 0 unspecified atom stereocenters. The van der Waals surface area contributed by atoms with Crippen LogP contribution in [0.2, 0.25) is 0 Å². The minimum Gasteiger partial charge on any atom is -0.488 e. The average molecular weight is 283 g/mol. The van der Waals surface area contributed by atoms with E-state index in [1.165, 1.54) is 5.56 Å². The molecule has 0 saturated carbocycles. The molecule has 0 fully saturated rings. The van der Waals surface area contributed by atoms with Gasteiger partial charge in [0.1, 0.15) is 12.4 Å². The van der Waals surface area contributed by atoms with E-state index in [1.54, 1.807) is 6.92 Å². The predicted octanol–water partition coefficient (Wildman–Crippen LogP) is 4.33. The second-order valence-electron chi connectivity index (χ2n) is 5.14. The summed E-state index contributed by atoms with van der Waals surface area (Å²) in [5, 5.41) is 12.2. The van der Waals surface area contributed by atoms with Crippen molar-refractivity contribution < 1.29 is 9.94 Å². The van der Waals surface area contributed by atoms with Crippen LogP contribution in [0.3, 0.4) is 0 Å². The van der Waals surface area contributed by atoms with Crippen LogP contribution in [0.15, 0.2) is 47.6 Å². The van der Waals surface area contributed by atoms with Gasteiger partial charge in [0.15, 0.2) is 0 Å². The summed E-state index contributed by atoms with van der Waals surface area (Å²) in [4.78, 5) is 0. The first-order valence-electron chi connectivity index (χ1n) is 7.14. The maximum Gasteiger partial charge on any atom is 0.129 e. The van der Waals surface area contributed by atoms with Gasteiger partial charge in [0.05, 0.1) is 5.71 Å². The Morgan fingerprint density at radius 1 is 1.10 bits per heavy atom. The van der Waals surface area contributed by atoms with Crippen LogP contribution in [-0.4, -0.2) is 10.9 Å². The molecule has 0 bridgehead atoms. The standard InChI is InChI=1S/C18H21NO2/c1-4-15-6-8-16(9-7-15)12-21-18-11-13(2)5-10-17(18)14(3)19-20/h5-11,20H,4,12H2,1-3H3. The van der Waals surface area contributed by atoms with Crippen molar-refractivity contribution in [2.45, 2.75) is 33.8 Å². The summed E-state index contributed by atoms with van der Waals surface area (Å²) in [5.41, 5.74) is 4.91. The summed E-state index contributed by atoms with van der Waals surface area (Å²) in [6.45, 7) is 6.41. The molecule has 0 aromatic heterocycles. The largest absolute Gasteiger partial charge is 0.488 e. The zero-order valence-corrected chi connectivity index (χ0v) is 12.8. The first-order chi connectivity index (χ1) is 10.1. The number of hydrogen-bond donors (Lipinski definition) is 1. The first-order valence-corrected chi connectivity index (χ1v) is 7.14. The molecule has 0 aliphatic carbocycles. The van der Waals surface area contributed by atoms with Crippen molar-refractivity contribution >= 4 is 5.71 Å². The molecule has 2 aromatic carbocycles. The van der Waals surface area contributed by atoms with Gasteiger partial charge in [-0.25, -0.2) is 0 Å². The van der Waals surface area contributed by atoms with Gasteiger partial charge in [-0.2, -0.15) is 0 Å². The second kappa shape index (κ2) is 6.93. The molecule has 0 aliphatic rings. The summed E-state index contributed by atoms with van der Waals surface area (Å²) in [6.07, 6.45) is 1.04. The Hall–Kier alpha value is -2.29. The molecule has 21 heavy (non-hydrogen) atoms. The molecule has 2 rings (SSSR count). The van der Waals surface area contributed by atoms with E-state index < -0.39 is 0 Å². The van der Waals surface area contributed by atoms with Crippen molar-refractivity contribution in [1.82, 2.24) is 0 Å². The average Bonchev–Trinajstić information content (AvgIpc) is 2.52. The highest BCUT2D eigenvalue weighted by Gasteiger charge is 2.08. The quantitative estimate of drug-likeness (QED) is 0.504. The Morgan fingerprint density at radius 2 is 1.76 bits per heavy atom. The van der Waals surface area contributed by atoms with Crippen molar-refractivity contribution in [3.63, 3.8) is 0 Å². The van der Waals surface area contributed by atoms with Crippen LogP contribution in [0.1, 0.15) is 36.1 Å². The maximum absolute atomic E-state index is 8.96. The molecule has 0 spiro atoms. The lowest BCUT2D eigenvalue weighted by atomic mass is 10.1. The number of nitrogens with zero attached hydrogens (tertiary/aromatic N) is 1. The lowest BCUT2D eigenvalue weighted by Gasteiger charge is -2.12. The van der Waals surface area contributed by atoms with E-state index in [-0.39, 0.29) is 0 Å². The molecule has 2 aromatic rings. The van der Waals surface area contributed by atoms with E-state index in [2.05, 4.69) is 36.3 Å². The van der Waals surface area contributed by atoms with Gasteiger partial charge in [0, 0.05) is 5.56 Å². The van der Waals surface area contributed by atoms with Gasteiger partial charge >= 0.3 is 0 Å². The van der Waals surface area contributed by atoms with Crippen molar-refractivity contribution in [1.29, 1.82) is 0 Å². The zero-order valence-electron chi connectivity index (χ0n) is 12.8. The molecule has 0 heterocycles. The fraction of sp³-hybridized carbons (Fsp3) is 0.278. The molecule has 3 nitrogen and oxygen atoms in total. The predicted molar refractivity (Wildman–Crippen MR) is 85.3 cm³/mol. The fourth-order valence-corrected chi connectivity index (χ4v) is 2.13. The van der Waals surface area contributed by atoms with E-state index in [9.17, 15) is 0 Å². The Labute approximate surface area is 125 Å². The molecule has 0 amide bonds. The normalized spacial score (nSPS) is 11.5. The molecule has 0 atom stereocenters. The number of rotatable bonds is 5. The van der Waals surface area contributed by atoms with E-state index in [0.29, 0.717) is 12.3 Å². The third-order valence-electron chi connectivity index (χ3n) is 3.50. The fourth-order valence-electron chi connectivity index (χ4n) is 2.13. The van der Waals surface area contributed by atoms with Crippen LogP contribution >= 0.6 is 0 Å². The van der Waals surface area contributed by atoms with Gasteiger partial charge in [-0.1, -0.05) is 42.4 Å². The third kappa shape index (κ3) is 3.85. The van der Waals surface area contributed by atoms with Gasteiger partial charge in [0.25, 0.3) is 0 Å². The van der Waals surface area contributed by atoms with E-state index in [4.69, 9.17) is 9.94 Å². The molecule has 3 heteroatoms. The summed E-state index contributed by atoms with van der Waals surface area (Å²) in [5.74, 6) is 0.741. The van der Waals surface area contributed by atoms with Crippen molar-refractivity contribution in [3.8, 4) is 5.75 Å². The smallest absolute Gasteiger partial charge is 0.129 e. The Balaban J connectivity index is 2.16. The molecule has 0 saturated heterocycles. The Morgan fingerprint density at radius 3 is 2.38 bits per heavy atom. The maximum atomic E-state index is 8.96. The van der Waals surface area contributed by atoms with Crippen LogP contribution in [0.4, 0.5) is 0 Å². The van der Waals surface area contributed by atoms with Crippen LogP contribution in [0.5, 0.6) is 5.75 Å². The van der Waals surface area contributed by atoms with Crippen molar-refractivity contribution in [2.75, 3.05) is 0 Å². The summed E-state index contributed by atoms with van der Waals surface area (Å²) in [6, 6.07) is 14.3. The zero-order chi connectivity index (χ0) is 15.2. The second-order valence-corrected chi connectivity index (χ2v) is 5.14. The molecule has 110 valence electrons. The number of oxime groups is 1. The lowest BCUT2D eigenvalue weighted by Crippen LogP contribution is -2.03. The van der Waals surface area contributed by atoms with E-state index in [1.807, 2.05) is 25.1 Å². The molecule has 1 N–H and O–H groups in total. The van der Waals surface area contributed by atoms with E-state index >= 15 is 0 Å². The van der Waals surface area contributed by atoms with Gasteiger partial charge in [0.2, 0.25) is 0 Å². The van der Waals surface area contributed by atoms with Crippen LogP contribution in [0.25, 0.3) is 0 Å². The highest BCUT2D eigenvalue weighted by Crippen LogP contribution is 2.22. The van der Waals surface area contributed by atoms with Crippen molar-refractivity contribution in [2.24, 2.45) is 5.16 Å². The number of ether oxygens (including phenoxy) is 1. The molecule has 0 aliphatic heterocycles. The first kappa shape index (κ1) is 15.1. The minimum absolute atomic E-state index is 0.499. The highest BCUT2D eigenvalue weighted by molar-refractivity contribution is 6.00. The van der Waals surface area contributed by atoms with Crippen LogP contribution in [-0.2, 0) is 13.0 Å². The number of hydrogen-bond acceptors (Lipinski definition) is 3. The molecular formula is C18H21NO2. The van der Waals surface area contributed by atoms with Gasteiger partial charge in [-0.15, -0.1) is 0 Å². The number of benzene rings is 2. The Kier molecular flexibility index (Phi) is 4.99. The third-order valence-corrected chi connectivity index (χ3v) is 3.50. The minimum atomic E-state index is 0.499. The van der Waals surface area contributed by atoms with Crippen LogP contribution in [0, 0.1) is 6.92 Å². The Bertz CT molecular complexity index is 630. The highest BCUT2D eigenvalue weighted by atomic mass is 16.5. The summed E-state index contributed by atoms with van der Waals surface area (Å²) >= 11 is 0. The SMILES string of the molecule is CCc1ccc(COc2cc(C)ccc2C(C)=NO)cc1. The topological polar surface area (TPSA) is 41.8 Å². The number of aryl methyl sites for hydroxylation is 2. The summed E-state index contributed by atoms with van der Waals surface area (Å²) in [7, 11) is 0. The van der Waals surface area contributed by atoms with E-state index in [0.717, 1.165) is 28.9 Å². The summed E-state index contributed by atoms with van der Waals surface area (Å²) < 4.78 is 5.91. The van der Waals surface area contributed by atoms with Gasteiger partial charge in [-0.05, 0) is 49.1 Å². The monoisotopic (exact) mass is 283 g/mol. The molecule has 0 radical (unpaired) electrons. The van der Waals surface area contributed by atoms with Crippen molar-refractivity contribution in [3.05, 3.63) is 64.7 Å².